The molecule has 8 heteroatoms. The SMILES string of the molecule is CC(Nc1c(Nc2ccnc(Nc3ccc(Oc4ccccc4)cc3)n2)c(=O)c1=O)C(C)(C)C. The van der Waals surface area contributed by atoms with Gasteiger partial charge in [-0.05, 0) is 54.8 Å². The number of rotatable bonds is 8. The summed E-state index contributed by atoms with van der Waals surface area (Å²) in [6, 6.07) is 18.6. The quantitative estimate of drug-likeness (QED) is 0.310. The van der Waals surface area contributed by atoms with Crippen molar-refractivity contribution in [1.82, 2.24) is 9.97 Å². The van der Waals surface area contributed by atoms with Gasteiger partial charge in [-0.1, -0.05) is 39.0 Å². The summed E-state index contributed by atoms with van der Waals surface area (Å²) in [5.41, 5.74) is 0.107. The molecular formula is C26H27N5O3. The Bertz CT molecular complexity index is 1340. The van der Waals surface area contributed by atoms with Crippen LogP contribution in [0.25, 0.3) is 0 Å². The molecule has 4 rings (SSSR count). The molecule has 1 atom stereocenters. The molecule has 4 aromatic rings. The maximum Gasteiger partial charge on any atom is 0.253 e. The van der Waals surface area contributed by atoms with Gasteiger partial charge >= 0.3 is 0 Å². The third-order valence-electron chi connectivity index (χ3n) is 5.57. The van der Waals surface area contributed by atoms with Gasteiger partial charge < -0.3 is 20.7 Å². The Morgan fingerprint density at radius 1 is 0.824 bits per heavy atom. The molecular weight excluding hydrogens is 430 g/mol. The number of nitrogens with one attached hydrogen (secondary N) is 3. The maximum absolute atomic E-state index is 12.2. The normalized spacial score (nSPS) is 12.2. The van der Waals surface area contributed by atoms with Gasteiger partial charge in [-0.3, -0.25) is 9.59 Å². The number of benzene rings is 2. The molecule has 0 aliphatic heterocycles. The number of anilines is 5. The van der Waals surface area contributed by atoms with Crippen LogP contribution in [-0.4, -0.2) is 16.0 Å². The van der Waals surface area contributed by atoms with Crippen LogP contribution in [0.5, 0.6) is 11.5 Å². The maximum atomic E-state index is 12.2. The predicted molar refractivity (Wildman–Crippen MR) is 135 cm³/mol. The minimum atomic E-state index is -0.564. The molecule has 174 valence electrons. The first-order valence-corrected chi connectivity index (χ1v) is 11.0. The summed E-state index contributed by atoms with van der Waals surface area (Å²) in [4.78, 5) is 32.9. The van der Waals surface area contributed by atoms with E-state index in [1.165, 1.54) is 0 Å². The van der Waals surface area contributed by atoms with Crippen LogP contribution in [0.4, 0.5) is 28.8 Å². The fraction of sp³-hybridized carbons (Fsp3) is 0.231. The van der Waals surface area contributed by atoms with E-state index in [1.54, 1.807) is 12.3 Å². The van der Waals surface area contributed by atoms with Gasteiger partial charge in [-0.25, -0.2) is 4.98 Å². The topological polar surface area (TPSA) is 105 Å². The Kier molecular flexibility index (Phi) is 6.32. The van der Waals surface area contributed by atoms with Gasteiger partial charge in [0.15, 0.2) is 0 Å². The summed E-state index contributed by atoms with van der Waals surface area (Å²) in [5, 5.41) is 9.25. The van der Waals surface area contributed by atoms with E-state index in [9.17, 15) is 9.59 Å². The van der Waals surface area contributed by atoms with Crippen LogP contribution in [-0.2, 0) is 0 Å². The second kappa shape index (κ2) is 9.35. The van der Waals surface area contributed by atoms with Crippen LogP contribution >= 0.6 is 0 Å². The van der Waals surface area contributed by atoms with Gasteiger partial charge in [0.1, 0.15) is 28.7 Å². The fourth-order valence-electron chi connectivity index (χ4n) is 3.06. The van der Waals surface area contributed by atoms with E-state index < -0.39 is 10.9 Å². The van der Waals surface area contributed by atoms with Gasteiger partial charge in [0, 0.05) is 17.9 Å². The Labute approximate surface area is 197 Å². The summed E-state index contributed by atoms with van der Waals surface area (Å²) >= 11 is 0. The average molecular weight is 458 g/mol. The lowest BCUT2D eigenvalue weighted by Gasteiger charge is -2.30. The van der Waals surface area contributed by atoms with Crippen molar-refractivity contribution < 1.29 is 4.74 Å². The summed E-state index contributed by atoms with van der Waals surface area (Å²) in [5.74, 6) is 2.21. The van der Waals surface area contributed by atoms with Crippen LogP contribution in [0.1, 0.15) is 27.7 Å². The first kappa shape index (κ1) is 23.0. The van der Waals surface area contributed by atoms with Crippen LogP contribution in [0.3, 0.4) is 0 Å². The molecule has 1 unspecified atom stereocenters. The molecule has 0 saturated heterocycles. The smallest absolute Gasteiger partial charge is 0.253 e. The van der Waals surface area contributed by atoms with Crippen LogP contribution in [0, 0.1) is 5.41 Å². The second-order valence-corrected chi connectivity index (χ2v) is 9.10. The van der Waals surface area contributed by atoms with Gasteiger partial charge in [0.25, 0.3) is 10.9 Å². The largest absolute Gasteiger partial charge is 0.457 e. The van der Waals surface area contributed by atoms with Crippen molar-refractivity contribution in [2.45, 2.75) is 33.7 Å². The van der Waals surface area contributed by atoms with Crippen LogP contribution in [0.2, 0.25) is 0 Å². The number of para-hydroxylation sites is 1. The summed E-state index contributed by atoms with van der Waals surface area (Å²) in [7, 11) is 0. The average Bonchev–Trinajstić information content (AvgIpc) is 2.82. The van der Waals surface area contributed by atoms with E-state index in [0.29, 0.717) is 17.5 Å². The minimum absolute atomic E-state index is 0.00665. The van der Waals surface area contributed by atoms with Crippen molar-refractivity contribution in [2.75, 3.05) is 16.0 Å². The van der Waals surface area contributed by atoms with Crippen molar-refractivity contribution in [3.63, 3.8) is 0 Å². The first-order chi connectivity index (χ1) is 16.2. The number of hydrogen-bond acceptors (Lipinski definition) is 8. The molecule has 1 aromatic heterocycles. The molecule has 1 heterocycles. The van der Waals surface area contributed by atoms with Crippen molar-refractivity contribution in [3.05, 3.63) is 87.3 Å². The summed E-state index contributed by atoms with van der Waals surface area (Å²) in [6.07, 6.45) is 1.57. The highest BCUT2D eigenvalue weighted by molar-refractivity contribution is 5.78. The summed E-state index contributed by atoms with van der Waals surface area (Å²) in [6.45, 7) is 8.16. The molecule has 0 aliphatic carbocycles. The molecule has 0 saturated carbocycles. The summed E-state index contributed by atoms with van der Waals surface area (Å²) < 4.78 is 5.80. The van der Waals surface area contributed by atoms with Gasteiger partial charge in [-0.2, -0.15) is 4.98 Å². The van der Waals surface area contributed by atoms with E-state index in [0.717, 1.165) is 11.4 Å². The third kappa shape index (κ3) is 5.23. The highest BCUT2D eigenvalue weighted by Crippen LogP contribution is 2.27. The monoisotopic (exact) mass is 457 g/mol. The van der Waals surface area contributed by atoms with Crippen molar-refractivity contribution >= 4 is 28.8 Å². The zero-order valence-corrected chi connectivity index (χ0v) is 19.5. The molecule has 0 amide bonds. The molecule has 8 nitrogen and oxygen atoms in total. The Morgan fingerprint density at radius 2 is 1.47 bits per heavy atom. The lowest BCUT2D eigenvalue weighted by atomic mass is 9.87. The predicted octanol–water partition coefficient (Wildman–Crippen LogP) is 5.20. The Hall–Kier alpha value is -4.20. The molecule has 34 heavy (non-hydrogen) atoms. The number of nitrogens with zero attached hydrogens (tertiary/aromatic N) is 2. The second-order valence-electron chi connectivity index (χ2n) is 9.10. The molecule has 0 fully saturated rings. The van der Waals surface area contributed by atoms with Gasteiger partial charge in [0.05, 0.1) is 0 Å². The van der Waals surface area contributed by atoms with Crippen molar-refractivity contribution in [2.24, 2.45) is 5.41 Å². The highest BCUT2D eigenvalue weighted by atomic mass is 16.5. The molecule has 0 radical (unpaired) electrons. The molecule has 3 aromatic carbocycles. The third-order valence-corrected chi connectivity index (χ3v) is 5.57. The fourth-order valence-corrected chi connectivity index (χ4v) is 3.06. The van der Waals surface area contributed by atoms with Crippen LogP contribution < -0.4 is 31.5 Å². The Morgan fingerprint density at radius 3 is 2.15 bits per heavy atom. The molecule has 0 spiro atoms. The van der Waals surface area contributed by atoms with Gasteiger partial charge in [0.2, 0.25) is 5.95 Å². The number of aromatic nitrogens is 2. The Balaban J connectivity index is 1.44. The van der Waals surface area contributed by atoms with E-state index in [2.05, 4.69) is 46.7 Å². The minimum Gasteiger partial charge on any atom is -0.457 e. The number of hydrogen-bond donors (Lipinski definition) is 3. The first-order valence-electron chi connectivity index (χ1n) is 11.0. The van der Waals surface area contributed by atoms with Crippen molar-refractivity contribution in [3.8, 4) is 11.5 Å². The van der Waals surface area contributed by atoms with Crippen molar-refractivity contribution in [1.29, 1.82) is 0 Å². The standard InChI is InChI=1S/C26H27N5O3/c1-16(26(2,3)4)28-21-22(24(33)23(21)32)30-20-14-15-27-25(31-20)29-17-10-12-19(13-11-17)34-18-8-6-5-7-9-18/h5-16,28H,1-4H3,(H2,27,29,30,31). The lowest BCUT2D eigenvalue weighted by molar-refractivity contribution is 0.359. The van der Waals surface area contributed by atoms with Crippen LogP contribution in [0.15, 0.2) is 76.4 Å². The van der Waals surface area contributed by atoms with Gasteiger partial charge in [-0.15, -0.1) is 0 Å². The van der Waals surface area contributed by atoms with E-state index in [-0.39, 0.29) is 22.8 Å². The zero-order valence-electron chi connectivity index (χ0n) is 19.5. The molecule has 0 bridgehead atoms. The highest BCUT2D eigenvalue weighted by Gasteiger charge is 2.27. The zero-order chi connectivity index (χ0) is 24.3. The van der Waals surface area contributed by atoms with E-state index in [4.69, 9.17) is 4.74 Å². The number of ether oxygens (including phenoxy) is 1. The lowest BCUT2D eigenvalue weighted by Crippen LogP contribution is -2.41. The van der Waals surface area contributed by atoms with E-state index in [1.807, 2.05) is 61.5 Å². The molecule has 0 aliphatic rings. The molecule has 3 N–H and O–H groups in total. The van der Waals surface area contributed by atoms with E-state index >= 15 is 0 Å².